The molecule has 1 atom stereocenters. The summed E-state index contributed by atoms with van der Waals surface area (Å²) in [6.45, 7) is 1.87. The van der Waals surface area contributed by atoms with Crippen molar-refractivity contribution in [2.45, 2.75) is 31.2 Å². The third kappa shape index (κ3) is 2.21. The predicted octanol–water partition coefficient (Wildman–Crippen LogP) is 2.33. The Morgan fingerprint density at radius 2 is 2.21 bits per heavy atom. The molecule has 3 rings (SSSR count). The van der Waals surface area contributed by atoms with Crippen molar-refractivity contribution in [1.82, 2.24) is 5.32 Å². The molecule has 3 heteroatoms. The summed E-state index contributed by atoms with van der Waals surface area (Å²) in [5, 5.41) is 12.9. The van der Waals surface area contributed by atoms with Crippen LogP contribution in [0.25, 0.3) is 0 Å². The molecule has 0 bridgehead atoms. The molecule has 2 aliphatic rings. The normalized spacial score (nSPS) is 21.4. The van der Waals surface area contributed by atoms with Crippen LogP contribution in [0.4, 0.5) is 5.69 Å². The zero-order chi connectivity index (χ0) is 13.3. The van der Waals surface area contributed by atoms with E-state index < -0.39 is 0 Å². The number of nitriles is 1. The van der Waals surface area contributed by atoms with Gasteiger partial charge in [0, 0.05) is 18.8 Å². The lowest BCUT2D eigenvalue weighted by atomic mass is 9.92. The van der Waals surface area contributed by atoms with Gasteiger partial charge < -0.3 is 10.2 Å². The van der Waals surface area contributed by atoms with Gasteiger partial charge in [0.1, 0.15) is 5.54 Å². The molecule has 0 amide bonds. The Balaban J connectivity index is 1.86. The third-order valence-corrected chi connectivity index (χ3v) is 4.57. The van der Waals surface area contributed by atoms with E-state index in [0.717, 1.165) is 19.5 Å². The minimum Gasteiger partial charge on any atom is -0.368 e. The lowest BCUT2D eigenvalue weighted by molar-refractivity contribution is 0.389. The standard InChI is InChI=1S/C16H21N3/c1-18-16(11-17,14-8-9-14)12-19-10-4-6-13-5-2-3-7-15(13)19/h2-3,5,7,14,18H,4,6,8-10,12H2,1H3. The summed E-state index contributed by atoms with van der Waals surface area (Å²) in [6.07, 6.45) is 4.72. The van der Waals surface area contributed by atoms with E-state index >= 15 is 0 Å². The van der Waals surface area contributed by atoms with Crippen LogP contribution in [0.2, 0.25) is 0 Å². The van der Waals surface area contributed by atoms with Crippen molar-refractivity contribution in [3.63, 3.8) is 0 Å². The highest BCUT2D eigenvalue weighted by atomic mass is 15.2. The van der Waals surface area contributed by atoms with Crippen molar-refractivity contribution >= 4 is 5.69 Å². The van der Waals surface area contributed by atoms with Gasteiger partial charge in [-0.05, 0) is 50.3 Å². The molecule has 0 radical (unpaired) electrons. The molecule has 19 heavy (non-hydrogen) atoms. The Hall–Kier alpha value is -1.53. The molecule has 1 aromatic rings. The number of fused-ring (bicyclic) bond motifs is 1. The van der Waals surface area contributed by atoms with Gasteiger partial charge in [0.05, 0.1) is 6.07 Å². The van der Waals surface area contributed by atoms with E-state index in [4.69, 9.17) is 0 Å². The van der Waals surface area contributed by atoms with Crippen LogP contribution in [0, 0.1) is 17.2 Å². The number of nitrogens with one attached hydrogen (secondary N) is 1. The molecule has 1 aromatic carbocycles. The zero-order valence-corrected chi connectivity index (χ0v) is 11.5. The van der Waals surface area contributed by atoms with Crippen molar-refractivity contribution in [2.24, 2.45) is 5.92 Å². The monoisotopic (exact) mass is 255 g/mol. The summed E-state index contributed by atoms with van der Waals surface area (Å²) in [5.41, 5.74) is 2.38. The summed E-state index contributed by atoms with van der Waals surface area (Å²) in [5.74, 6) is 0.525. The maximum absolute atomic E-state index is 9.63. The summed E-state index contributed by atoms with van der Waals surface area (Å²) in [7, 11) is 1.93. The SMILES string of the molecule is CNC(C#N)(CN1CCCc2ccccc21)C1CC1. The highest BCUT2D eigenvalue weighted by Gasteiger charge is 2.46. The number of nitrogens with zero attached hydrogens (tertiary/aromatic N) is 2. The number of hydrogen-bond donors (Lipinski definition) is 1. The molecule has 1 aliphatic heterocycles. The first-order valence-corrected chi connectivity index (χ1v) is 7.22. The highest BCUT2D eigenvalue weighted by Crippen LogP contribution is 2.41. The molecule has 1 fully saturated rings. The van der Waals surface area contributed by atoms with E-state index in [0.29, 0.717) is 5.92 Å². The number of benzene rings is 1. The minimum absolute atomic E-state index is 0.371. The van der Waals surface area contributed by atoms with Crippen LogP contribution in [0.5, 0.6) is 0 Å². The molecule has 1 saturated carbocycles. The summed E-state index contributed by atoms with van der Waals surface area (Å²) >= 11 is 0. The van der Waals surface area contributed by atoms with Gasteiger partial charge in [-0.1, -0.05) is 18.2 Å². The maximum atomic E-state index is 9.63. The number of hydrogen-bond acceptors (Lipinski definition) is 3. The van der Waals surface area contributed by atoms with Crippen molar-refractivity contribution in [2.75, 3.05) is 25.0 Å². The van der Waals surface area contributed by atoms with E-state index in [1.807, 2.05) is 7.05 Å². The summed E-state index contributed by atoms with van der Waals surface area (Å²) < 4.78 is 0. The second kappa shape index (κ2) is 4.86. The Labute approximate surface area is 115 Å². The van der Waals surface area contributed by atoms with Crippen molar-refractivity contribution < 1.29 is 0 Å². The zero-order valence-electron chi connectivity index (χ0n) is 11.5. The fourth-order valence-corrected chi connectivity index (χ4v) is 3.25. The number of likely N-dealkylation sites (N-methyl/N-ethyl adjacent to an activating group) is 1. The van der Waals surface area contributed by atoms with E-state index in [1.54, 1.807) is 0 Å². The van der Waals surface area contributed by atoms with Crippen LogP contribution >= 0.6 is 0 Å². The fourth-order valence-electron chi connectivity index (χ4n) is 3.25. The average Bonchev–Trinajstić information content (AvgIpc) is 3.30. The molecule has 0 spiro atoms. The van der Waals surface area contributed by atoms with Gasteiger partial charge in [0.25, 0.3) is 0 Å². The van der Waals surface area contributed by atoms with Crippen molar-refractivity contribution in [3.05, 3.63) is 29.8 Å². The molecule has 100 valence electrons. The molecule has 0 saturated heterocycles. The van der Waals surface area contributed by atoms with Gasteiger partial charge >= 0.3 is 0 Å². The first-order chi connectivity index (χ1) is 9.29. The number of aryl methyl sites for hydroxylation is 1. The van der Waals surface area contributed by atoms with Crippen LogP contribution in [0.1, 0.15) is 24.8 Å². The van der Waals surface area contributed by atoms with Crippen LogP contribution in [0.3, 0.4) is 0 Å². The van der Waals surface area contributed by atoms with Crippen LogP contribution in [-0.2, 0) is 6.42 Å². The number of rotatable bonds is 4. The molecule has 0 aromatic heterocycles. The predicted molar refractivity (Wildman–Crippen MR) is 77.1 cm³/mol. The maximum Gasteiger partial charge on any atom is 0.126 e. The van der Waals surface area contributed by atoms with Gasteiger partial charge in [-0.3, -0.25) is 0 Å². The molecule has 1 aliphatic carbocycles. The van der Waals surface area contributed by atoms with E-state index in [2.05, 4.69) is 40.6 Å². The van der Waals surface area contributed by atoms with Crippen molar-refractivity contribution in [1.29, 1.82) is 5.26 Å². The van der Waals surface area contributed by atoms with Crippen LogP contribution in [-0.4, -0.2) is 25.7 Å². The Morgan fingerprint density at radius 1 is 1.42 bits per heavy atom. The molecule has 1 N–H and O–H groups in total. The summed E-state index contributed by atoms with van der Waals surface area (Å²) in [4.78, 5) is 2.40. The van der Waals surface area contributed by atoms with E-state index in [9.17, 15) is 5.26 Å². The quantitative estimate of drug-likeness (QED) is 0.897. The summed E-state index contributed by atoms with van der Waals surface area (Å²) in [6, 6.07) is 11.2. The van der Waals surface area contributed by atoms with Gasteiger partial charge in [-0.15, -0.1) is 0 Å². The minimum atomic E-state index is -0.371. The first-order valence-electron chi connectivity index (χ1n) is 7.22. The average molecular weight is 255 g/mol. The third-order valence-electron chi connectivity index (χ3n) is 4.57. The first kappa shape index (κ1) is 12.5. The molecule has 1 heterocycles. The lowest BCUT2D eigenvalue weighted by Crippen LogP contribution is -2.54. The topological polar surface area (TPSA) is 39.1 Å². The van der Waals surface area contributed by atoms with Gasteiger partial charge in [0.15, 0.2) is 0 Å². The van der Waals surface area contributed by atoms with Crippen molar-refractivity contribution in [3.8, 4) is 6.07 Å². The van der Waals surface area contributed by atoms with E-state index in [-0.39, 0.29) is 5.54 Å². The molecule has 3 nitrogen and oxygen atoms in total. The number of anilines is 1. The molecular formula is C16H21N3. The second-order valence-corrected chi connectivity index (χ2v) is 5.76. The largest absolute Gasteiger partial charge is 0.368 e. The van der Waals surface area contributed by atoms with Crippen LogP contribution in [0.15, 0.2) is 24.3 Å². The van der Waals surface area contributed by atoms with Crippen LogP contribution < -0.4 is 10.2 Å². The van der Waals surface area contributed by atoms with Gasteiger partial charge in [0.2, 0.25) is 0 Å². The second-order valence-electron chi connectivity index (χ2n) is 5.76. The lowest BCUT2D eigenvalue weighted by Gasteiger charge is -2.38. The van der Waals surface area contributed by atoms with Gasteiger partial charge in [-0.2, -0.15) is 5.26 Å². The molecule has 1 unspecified atom stereocenters. The number of para-hydroxylation sites is 1. The highest BCUT2D eigenvalue weighted by molar-refractivity contribution is 5.56. The van der Waals surface area contributed by atoms with Gasteiger partial charge in [-0.25, -0.2) is 0 Å². The van der Waals surface area contributed by atoms with E-state index in [1.165, 1.54) is 30.5 Å². The fraction of sp³-hybridized carbons (Fsp3) is 0.562. The Morgan fingerprint density at radius 3 is 2.89 bits per heavy atom. The Kier molecular flexibility index (Phi) is 3.20. The Bertz CT molecular complexity index is 501. The smallest absolute Gasteiger partial charge is 0.126 e. The molecular weight excluding hydrogens is 234 g/mol.